The Morgan fingerprint density at radius 3 is 2.50 bits per heavy atom. The zero-order valence-electron chi connectivity index (χ0n) is 18.4. The van der Waals surface area contributed by atoms with Gasteiger partial charge in [-0.25, -0.2) is 0 Å². The van der Waals surface area contributed by atoms with Crippen molar-refractivity contribution in [2.24, 2.45) is 23.7 Å². The zero-order valence-corrected chi connectivity index (χ0v) is 18.4. The highest BCUT2D eigenvalue weighted by Crippen LogP contribution is 2.53. The molecule has 0 radical (unpaired) electrons. The van der Waals surface area contributed by atoms with Crippen molar-refractivity contribution in [2.75, 3.05) is 0 Å². The lowest BCUT2D eigenvalue weighted by Gasteiger charge is -2.54. The van der Waals surface area contributed by atoms with E-state index in [9.17, 15) is 4.79 Å². The average Bonchev–Trinajstić information content (AvgIpc) is 3.25. The second kappa shape index (κ2) is 8.19. The minimum atomic E-state index is 0.136. The van der Waals surface area contributed by atoms with Gasteiger partial charge in [0.1, 0.15) is 0 Å². The number of rotatable bonds is 6. The molecule has 164 valence electrons. The number of H-pyrrole nitrogens is 1. The Hall–Kier alpha value is -2.95. The number of carbonyl (C=O) groups is 1. The first-order valence-corrected chi connectivity index (χ1v) is 12.1. The molecule has 4 aliphatic carbocycles. The summed E-state index contributed by atoms with van der Waals surface area (Å²) in [5.74, 6) is 3.41. The minimum Gasteiger partial charge on any atom is -0.347 e. The maximum Gasteiger partial charge on any atom is 0.286 e. The topological polar surface area (TPSA) is 61.7 Å². The van der Waals surface area contributed by atoms with Gasteiger partial charge in [0.25, 0.3) is 5.91 Å². The van der Waals surface area contributed by atoms with Crippen LogP contribution in [0, 0.1) is 23.7 Å². The van der Waals surface area contributed by atoms with Gasteiger partial charge in [0.2, 0.25) is 6.54 Å². The molecule has 0 atom stereocenters. The zero-order chi connectivity index (χ0) is 21.5. The molecule has 1 aromatic carbocycles. The number of amides is 1. The van der Waals surface area contributed by atoms with Gasteiger partial charge in [0.15, 0.2) is 12.4 Å². The van der Waals surface area contributed by atoms with Crippen molar-refractivity contribution in [1.29, 1.82) is 0 Å². The fraction of sp³-hybridized carbons (Fsp3) is 0.444. The summed E-state index contributed by atoms with van der Waals surface area (Å²) in [5.41, 5.74) is 4.27. The SMILES string of the molecule is O=C(C[n+]1cccc(-c2cc(Cc3ccccc3)[nH]n2)c1)NC1C2CC3CC(C2)CC1C3. The summed E-state index contributed by atoms with van der Waals surface area (Å²) in [6.07, 6.45) is 11.6. The molecule has 0 spiro atoms. The lowest BCUT2D eigenvalue weighted by Crippen LogP contribution is -2.57. The van der Waals surface area contributed by atoms with Crippen molar-refractivity contribution < 1.29 is 9.36 Å². The second-order valence-corrected chi connectivity index (χ2v) is 10.2. The Kier molecular flexibility index (Phi) is 5.05. The van der Waals surface area contributed by atoms with Crippen LogP contribution in [0.4, 0.5) is 0 Å². The molecule has 5 heteroatoms. The van der Waals surface area contributed by atoms with Gasteiger partial charge in [0.05, 0.1) is 11.3 Å². The van der Waals surface area contributed by atoms with Gasteiger partial charge in [-0.2, -0.15) is 9.67 Å². The number of hydrogen-bond donors (Lipinski definition) is 2. The molecule has 4 aliphatic rings. The molecule has 4 bridgehead atoms. The first-order valence-electron chi connectivity index (χ1n) is 12.1. The monoisotopic (exact) mass is 427 g/mol. The largest absolute Gasteiger partial charge is 0.347 e. The van der Waals surface area contributed by atoms with Crippen LogP contribution in [0.25, 0.3) is 11.3 Å². The smallest absolute Gasteiger partial charge is 0.286 e. The van der Waals surface area contributed by atoms with Gasteiger partial charge in [-0.15, -0.1) is 0 Å². The molecule has 2 heterocycles. The molecular formula is C27H31N4O+. The van der Waals surface area contributed by atoms with Gasteiger partial charge >= 0.3 is 0 Å². The lowest BCUT2D eigenvalue weighted by atomic mass is 9.54. The molecule has 3 aromatic rings. The van der Waals surface area contributed by atoms with Crippen LogP contribution in [0.15, 0.2) is 60.9 Å². The highest BCUT2D eigenvalue weighted by Gasteiger charge is 2.48. The van der Waals surface area contributed by atoms with Crippen LogP contribution in [0.2, 0.25) is 0 Å². The van der Waals surface area contributed by atoms with Gasteiger partial charge < -0.3 is 5.32 Å². The molecule has 2 N–H and O–H groups in total. The summed E-state index contributed by atoms with van der Waals surface area (Å²) in [6.45, 7) is 0.359. The van der Waals surface area contributed by atoms with Crippen molar-refractivity contribution in [3.63, 3.8) is 0 Å². The molecule has 4 fully saturated rings. The number of pyridine rings is 1. The number of aromatic nitrogens is 3. The highest BCUT2D eigenvalue weighted by molar-refractivity contribution is 5.75. The Balaban J connectivity index is 1.11. The van der Waals surface area contributed by atoms with E-state index < -0.39 is 0 Å². The fourth-order valence-corrected chi connectivity index (χ4v) is 6.75. The van der Waals surface area contributed by atoms with E-state index in [1.54, 1.807) is 0 Å². The van der Waals surface area contributed by atoms with E-state index >= 15 is 0 Å². The third-order valence-electron chi connectivity index (χ3n) is 7.90. The summed E-state index contributed by atoms with van der Waals surface area (Å²) in [5, 5.41) is 11.1. The average molecular weight is 428 g/mol. The van der Waals surface area contributed by atoms with Crippen molar-refractivity contribution in [2.45, 2.75) is 51.1 Å². The van der Waals surface area contributed by atoms with Crippen LogP contribution >= 0.6 is 0 Å². The minimum absolute atomic E-state index is 0.136. The molecule has 2 aromatic heterocycles. The summed E-state index contributed by atoms with van der Waals surface area (Å²) in [6, 6.07) is 16.9. The van der Waals surface area contributed by atoms with E-state index in [4.69, 9.17) is 0 Å². The standard InChI is InChI=1S/C27H30N4O/c32-26(28-27-22-10-19-9-20(12-22)13-23(27)11-19)17-31-8-4-7-21(16-31)25-15-24(29-30-25)14-18-5-2-1-3-6-18/h1-8,15-16,19-20,22-23,27H,9-14,17H2,(H-,28,29,30,32)/p+1. The summed E-state index contributed by atoms with van der Waals surface area (Å²) in [7, 11) is 0. The van der Waals surface area contributed by atoms with Gasteiger partial charge in [-0.1, -0.05) is 30.3 Å². The van der Waals surface area contributed by atoms with Crippen LogP contribution in [0.3, 0.4) is 0 Å². The van der Waals surface area contributed by atoms with E-state index in [1.165, 1.54) is 37.7 Å². The molecular weight excluding hydrogens is 396 g/mol. The Morgan fingerprint density at radius 2 is 1.75 bits per heavy atom. The predicted octanol–water partition coefficient (Wildman–Crippen LogP) is 3.90. The van der Waals surface area contributed by atoms with E-state index in [1.807, 2.05) is 29.1 Å². The molecule has 1 amide bonds. The van der Waals surface area contributed by atoms with Crippen LogP contribution in [-0.2, 0) is 17.8 Å². The third-order valence-corrected chi connectivity index (χ3v) is 7.90. The van der Waals surface area contributed by atoms with Gasteiger partial charge in [0, 0.05) is 24.2 Å². The summed E-state index contributed by atoms with van der Waals surface area (Å²) < 4.78 is 1.98. The fourth-order valence-electron chi connectivity index (χ4n) is 6.75. The van der Waals surface area contributed by atoms with Crippen LogP contribution in [-0.4, -0.2) is 22.1 Å². The Bertz CT molecular complexity index is 1080. The molecule has 0 saturated heterocycles. The first kappa shape index (κ1) is 19.7. The summed E-state index contributed by atoms with van der Waals surface area (Å²) in [4.78, 5) is 12.9. The molecule has 32 heavy (non-hydrogen) atoms. The Morgan fingerprint density at radius 1 is 1.00 bits per heavy atom. The molecule has 7 rings (SSSR count). The third kappa shape index (κ3) is 3.96. The number of carbonyl (C=O) groups excluding carboxylic acids is 1. The van der Waals surface area contributed by atoms with Crippen LogP contribution in [0.1, 0.15) is 43.4 Å². The number of nitrogens with one attached hydrogen (secondary N) is 2. The van der Waals surface area contributed by atoms with E-state index in [0.29, 0.717) is 24.4 Å². The second-order valence-electron chi connectivity index (χ2n) is 10.2. The van der Waals surface area contributed by atoms with Gasteiger partial charge in [-0.3, -0.25) is 9.89 Å². The van der Waals surface area contributed by atoms with Gasteiger partial charge in [-0.05, 0) is 73.5 Å². The van der Waals surface area contributed by atoms with Crippen molar-refractivity contribution in [1.82, 2.24) is 15.5 Å². The Labute approximate surface area is 189 Å². The van der Waals surface area contributed by atoms with E-state index in [2.05, 4.69) is 51.9 Å². The molecule has 0 unspecified atom stereocenters. The highest BCUT2D eigenvalue weighted by atomic mass is 16.2. The molecule has 4 saturated carbocycles. The van der Waals surface area contributed by atoms with Crippen molar-refractivity contribution in [3.8, 4) is 11.3 Å². The summed E-state index contributed by atoms with van der Waals surface area (Å²) >= 11 is 0. The maximum absolute atomic E-state index is 12.9. The normalized spacial score (nSPS) is 28.1. The maximum atomic E-state index is 12.9. The number of nitrogens with zero attached hydrogens (tertiary/aromatic N) is 2. The van der Waals surface area contributed by atoms with E-state index in [0.717, 1.165) is 35.2 Å². The van der Waals surface area contributed by atoms with E-state index in [-0.39, 0.29) is 5.91 Å². The van der Waals surface area contributed by atoms with Crippen LogP contribution in [0.5, 0.6) is 0 Å². The molecule has 5 nitrogen and oxygen atoms in total. The predicted molar refractivity (Wildman–Crippen MR) is 122 cm³/mol. The lowest BCUT2D eigenvalue weighted by molar-refractivity contribution is -0.684. The number of hydrogen-bond acceptors (Lipinski definition) is 2. The number of benzene rings is 1. The first-order chi connectivity index (χ1) is 15.7. The van der Waals surface area contributed by atoms with Crippen molar-refractivity contribution in [3.05, 3.63) is 72.2 Å². The molecule has 0 aliphatic heterocycles. The quantitative estimate of drug-likeness (QED) is 0.586. The van der Waals surface area contributed by atoms with Crippen LogP contribution < -0.4 is 9.88 Å². The van der Waals surface area contributed by atoms with Crippen molar-refractivity contribution >= 4 is 5.91 Å². The number of aromatic amines is 1.